The molecule has 3 nitrogen and oxygen atoms in total. The van der Waals surface area contributed by atoms with Gasteiger partial charge in [-0.15, -0.1) is 0 Å². The minimum Gasteiger partial charge on any atom is -0.392 e. The fourth-order valence-corrected chi connectivity index (χ4v) is 0.523. The zero-order valence-corrected chi connectivity index (χ0v) is 11.6. The first-order chi connectivity index (χ1) is 4.88. The van der Waals surface area contributed by atoms with Gasteiger partial charge in [-0.05, 0) is 5.41 Å². The molecule has 2 unspecified atom stereocenters. The van der Waals surface area contributed by atoms with Gasteiger partial charge in [-0.2, -0.15) is 0 Å². The molecule has 0 aliphatic heterocycles. The smallest absolute Gasteiger partial charge is 0.392 e. The van der Waals surface area contributed by atoms with Crippen molar-refractivity contribution in [3.63, 3.8) is 0 Å². The summed E-state index contributed by atoms with van der Waals surface area (Å²) < 4.78 is 4.56. The van der Waals surface area contributed by atoms with Gasteiger partial charge in [-0.3, -0.25) is 0 Å². The second-order valence-electron chi connectivity index (χ2n) is 3.63. The second kappa shape index (κ2) is 10.1. The SMILES string of the molecule is COC(O)[CH]C(O)C(C)(C)C.[CH3-].[CH3-].[Ti+2]. The van der Waals surface area contributed by atoms with Crippen LogP contribution in [0.2, 0.25) is 0 Å². The predicted octanol–water partition coefficient (Wildman–Crippen LogP) is 1.46. The van der Waals surface area contributed by atoms with Crippen LogP contribution in [0.1, 0.15) is 20.8 Å². The average molecular weight is 239 g/mol. The number of aliphatic hydroxyl groups is 2. The topological polar surface area (TPSA) is 49.7 Å². The van der Waals surface area contributed by atoms with Crippen molar-refractivity contribution in [2.24, 2.45) is 5.41 Å². The van der Waals surface area contributed by atoms with Crippen LogP contribution in [-0.4, -0.2) is 29.7 Å². The van der Waals surface area contributed by atoms with Crippen LogP contribution in [0.15, 0.2) is 0 Å². The predicted molar refractivity (Wildman–Crippen MR) is 55.6 cm³/mol. The van der Waals surface area contributed by atoms with Crippen molar-refractivity contribution < 1.29 is 36.7 Å². The Morgan fingerprint density at radius 2 is 1.50 bits per heavy atom. The average Bonchev–Trinajstić information content (AvgIpc) is 1.85. The molecule has 0 aromatic rings. The maximum atomic E-state index is 9.39. The standard InChI is InChI=1S/C8H17O3.2CH3.Ti/c1-8(2,3)6(9)5-7(10)11-4;;;/h5-7,9-10H,1-4H3;2*1H3;/q;2*-1;+2. The Morgan fingerprint density at radius 1 is 1.14 bits per heavy atom. The van der Waals surface area contributed by atoms with Crippen LogP contribution in [0.25, 0.3) is 0 Å². The maximum Gasteiger partial charge on any atom is 2.00 e. The summed E-state index contributed by atoms with van der Waals surface area (Å²) in [7, 11) is 1.39. The molecule has 0 aliphatic carbocycles. The first-order valence-corrected chi connectivity index (χ1v) is 3.62. The Bertz CT molecular complexity index is 112. The van der Waals surface area contributed by atoms with Gasteiger partial charge in [-0.25, -0.2) is 0 Å². The van der Waals surface area contributed by atoms with Crippen molar-refractivity contribution in [1.29, 1.82) is 0 Å². The number of hydrogen-bond acceptors (Lipinski definition) is 3. The molecule has 0 saturated carbocycles. The molecule has 85 valence electrons. The normalized spacial score (nSPS) is 14.1. The van der Waals surface area contributed by atoms with Crippen LogP contribution in [-0.2, 0) is 26.5 Å². The van der Waals surface area contributed by atoms with E-state index in [2.05, 4.69) is 4.74 Å². The first kappa shape index (κ1) is 24.0. The van der Waals surface area contributed by atoms with E-state index in [1.165, 1.54) is 13.5 Å². The summed E-state index contributed by atoms with van der Waals surface area (Å²) in [6.07, 6.45) is -0.276. The number of aliphatic hydroxyl groups excluding tert-OH is 2. The first-order valence-electron chi connectivity index (χ1n) is 3.62. The molecule has 0 heterocycles. The molecule has 0 saturated heterocycles. The van der Waals surface area contributed by atoms with E-state index in [-0.39, 0.29) is 42.0 Å². The zero-order valence-electron chi connectivity index (χ0n) is 10.0. The largest absolute Gasteiger partial charge is 2.00 e. The fraction of sp³-hybridized carbons (Fsp3) is 0.700. The minimum absolute atomic E-state index is 0. The summed E-state index contributed by atoms with van der Waals surface area (Å²) in [5.41, 5.74) is -0.250. The number of hydrogen-bond donors (Lipinski definition) is 2. The Labute approximate surface area is 104 Å². The van der Waals surface area contributed by atoms with Gasteiger partial charge in [0.15, 0.2) is 6.29 Å². The molecular formula is C10H23O3Ti. The van der Waals surface area contributed by atoms with Gasteiger partial charge in [0.05, 0.1) is 6.10 Å². The molecule has 0 bridgehead atoms. The Balaban J connectivity index is -0.000000167. The molecule has 0 aliphatic rings. The van der Waals surface area contributed by atoms with Crippen molar-refractivity contribution in [1.82, 2.24) is 0 Å². The quantitative estimate of drug-likeness (QED) is 0.445. The Morgan fingerprint density at radius 3 is 1.71 bits per heavy atom. The number of rotatable bonds is 3. The van der Waals surface area contributed by atoms with Crippen molar-refractivity contribution in [3.05, 3.63) is 21.3 Å². The van der Waals surface area contributed by atoms with E-state index in [9.17, 15) is 5.11 Å². The molecule has 0 fully saturated rings. The monoisotopic (exact) mass is 239 g/mol. The summed E-state index contributed by atoms with van der Waals surface area (Å²) in [4.78, 5) is 0. The van der Waals surface area contributed by atoms with Crippen LogP contribution in [0.5, 0.6) is 0 Å². The third-order valence-corrected chi connectivity index (χ3v) is 1.48. The summed E-state index contributed by atoms with van der Waals surface area (Å²) in [5.74, 6) is 0. The van der Waals surface area contributed by atoms with E-state index in [1.807, 2.05) is 20.8 Å². The molecule has 2 N–H and O–H groups in total. The van der Waals surface area contributed by atoms with E-state index < -0.39 is 12.4 Å². The maximum absolute atomic E-state index is 9.39. The van der Waals surface area contributed by atoms with E-state index >= 15 is 0 Å². The zero-order chi connectivity index (χ0) is 9.07. The van der Waals surface area contributed by atoms with Crippen LogP contribution >= 0.6 is 0 Å². The summed E-state index contributed by atoms with van der Waals surface area (Å²) in [6.45, 7) is 5.66. The van der Waals surface area contributed by atoms with Crippen LogP contribution in [0, 0.1) is 26.7 Å². The summed E-state index contributed by atoms with van der Waals surface area (Å²) >= 11 is 0. The van der Waals surface area contributed by atoms with Gasteiger partial charge in [0.2, 0.25) is 0 Å². The van der Waals surface area contributed by atoms with Gasteiger partial charge in [0.1, 0.15) is 0 Å². The van der Waals surface area contributed by atoms with Crippen LogP contribution in [0.4, 0.5) is 0 Å². The Kier molecular flexibility index (Phi) is 17.4. The molecule has 14 heavy (non-hydrogen) atoms. The number of methoxy groups -OCH3 is 1. The van der Waals surface area contributed by atoms with Crippen molar-refractivity contribution in [3.8, 4) is 0 Å². The van der Waals surface area contributed by atoms with Gasteiger partial charge in [0.25, 0.3) is 0 Å². The van der Waals surface area contributed by atoms with Gasteiger partial charge < -0.3 is 29.8 Å². The summed E-state index contributed by atoms with van der Waals surface area (Å²) in [6, 6.07) is 0. The van der Waals surface area contributed by atoms with Crippen LogP contribution < -0.4 is 0 Å². The molecule has 0 aromatic carbocycles. The van der Waals surface area contributed by atoms with Crippen molar-refractivity contribution in [2.75, 3.05) is 7.11 Å². The molecule has 0 aromatic heterocycles. The van der Waals surface area contributed by atoms with E-state index in [4.69, 9.17) is 5.11 Å². The third kappa shape index (κ3) is 10.7. The van der Waals surface area contributed by atoms with E-state index in [0.717, 1.165) is 0 Å². The molecule has 0 amide bonds. The molecule has 0 spiro atoms. The van der Waals surface area contributed by atoms with Gasteiger partial charge in [0, 0.05) is 13.5 Å². The van der Waals surface area contributed by atoms with E-state index in [0.29, 0.717) is 0 Å². The van der Waals surface area contributed by atoms with Crippen LogP contribution in [0.3, 0.4) is 0 Å². The number of ether oxygens (including phenoxy) is 1. The molecule has 0 rings (SSSR count). The molecule has 4 heteroatoms. The van der Waals surface area contributed by atoms with Gasteiger partial charge in [-0.1, -0.05) is 20.8 Å². The molecule has 1 radical (unpaired) electrons. The second-order valence-corrected chi connectivity index (χ2v) is 3.63. The molecule has 2 atom stereocenters. The Hall–Kier alpha value is 0.594. The molecular weight excluding hydrogens is 216 g/mol. The van der Waals surface area contributed by atoms with Crippen molar-refractivity contribution >= 4 is 0 Å². The van der Waals surface area contributed by atoms with E-state index in [1.54, 1.807) is 0 Å². The fourth-order valence-electron chi connectivity index (χ4n) is 0.523. The third-order valence-electron chi connectivity index (χ3n) is 1.48. The minimum atomic E-state index is -0.982. The van der Waals surface area contributed by atoms with Crippen molar-refractivity contribution in [2.45, 2.75) is 33.2 Å². The summed E-state index contributed by atoms with van der Waals surface area (Å²) in [5, 5.41) is 18.3. The van der Waals surface area contributed by atoms with Gasteiger partial charge >= 0.3 is 21.7 Å².